The van der Waals surface area contributed by atoms with Crippen molar-refractivity contribution in [1.29, 1.82) is 0 Å². The van der Waals surface area contributed by atoms with Crippen molar-refractivity contribution >= 4 is 55.2 Å². The first-order chi connectivity index (χ1) is 17.1. The molecule has 2 nitrogen and oxygen atoms in total. The summed E-state index contributed by atoms with van der Waals surface area (Å²) in [6.07, 6.45) is 0. The molecule has 0 spiro atoms. The molecule has 6 rings (SSSR count). The van der Waals surface area contributed by atoms with Crippen molar-refractivity contribution in [1.82, 2.24) is 0 Å². The van der Waals surface area contributed by atoms with Crippen LogP contribution in [-0.4, -0.2) is 20.8 Å². The van der Waals surface area contributed by atoms with E-state index in [9.17, 15) is 0 Å². The van der Waals surface area contributed by atoms with Gasteiger partial charge in [-0.05, 0) is 67.8 Å². The summed E-state index contributed by atoms with van der Waals surface area (Å²) >= 11 is 3.63. The lowest BCUT2D eigenvalue weighted by Crippen LogP contribution is -2.13. The van der Waals surface area contributed by atoms with Gasteiger partial charge in [-0.25, -0.2) is 0 Å². The Kier molecular flexibility index (Phi) is 5.62. The molecule has 36 heavy (non-hydrogen) atoms. The molecule has 2 aliphatic rings. The minimum atomic E-state index is 0.0657. The Labute approximate surface area is 222 Å². The maximum Gasteiger partial charge on any atom is 0.134 e. The van der Waals surface area contributed by atoms with Gasteiger partial charge in [-0.2, -0.15) is 0 Å². The normalized spacial score (nSPS) is 20.1. The van der Waals surface area contributed by atoms with Gasteiger partial charge >= 0.3 is 0 Å². The molecule has 0 saturated carbocycles. The molecule has 2 atom stereocenters. The van der Waals surface area contributed by atoms with Crippen LogP contribution in [0.4, 0.5) is 0 Å². The van der Waals surface area contributed by atoms with Crippen LogP contribution in [0.15, 0.2) is 82.8 Å². The van der Waals surface area contributed by atoms with Crippen molar-refractivity contribution in [2.24, 2.45) is 9.98 Å². The van der Waals surface area contributed by atoms with Gasteiger partial charge in [-0.3, -0.25) is 9.98 Å². The molecule has 4 heteroatoms. The van der Waals surface area contributed by atoms with E-state index in [4.69, 9.17) is 9.98 Å². The van der Waals surface area contributed by atoms with Crippen LogP contribution in [0.1, 0.15) is 63.8 Å². The average molecular weight is 509 g/mol. The zero-order valence-corrected chi connectivity index (χ0v) is 23.4. The van der Waals surface area contributed by atoms with Gasteiger partial charge in [0.2, 0.25) is 0 Å². The molecule has 0 saturated heterocycles. The third-order valence-corrected chi connectivity index (χ3v) is 9.54. The molecule has 0 radical (unpaired) electrons. The van der Waals surface area contributed by atoms with E-state index in [-0.39, 0.29) is 21.6 Å². The number of fused-ring (bicyclic) bond motifs is 3. The van der Waals surface area contributed by atoms with Crippen LogP contribution in [0.3, 0.4) is 0 Å². The Morgan fingerprint density at radius 2 is 0.944 bits per heavy atom. The third-order valence-electron chi connectivity index (χ3n) is 7.03. The first-order valence-electron chi connectivity index (χ1n) is 12.6. The quantitative estimate of drug-likeness (QED) is 0.270. The molecule has 0 fully saturated rings. The fraction of sp³-hybridized carbons (Fsp3) is 0.312. The smallest absolute Gasteiger partial charge is 0.134 e. The molecule has 2 unspecified atom stereocenters. The predicted molar refractivity (Wildman–Crippen MR) is 161 cm³/mol. The number of benzene rings is 4. The highest BCUT2D eigenvalue weighted by Gasteiger charge is 2.38. The number of aliphatic imine (C=N–C) groups is 2. The first kappa shape index (κ1) is 23.8. The van der Waals surface area contributed by atoms with Gasteiger partial charge in [0.1, 0.15) is 20.8 Å². The molecule has 182 valence electrons. The zero-order chi connectivity index (χ0) is 25.2. The summed E-state index contributed by atoms with van der Waals surface area (Å²) in [5.74, 6) is 0. The Hall–Kier alpha value is -2.56. The lowest BCUT2D eigenvalue weighted by atomic mass is 9.82. The van der Waals surface area contributed by atoms with Crippen LogP contribution in [-0.2, 0) is 10.8 Å². The lowest BCUT2D eigenvalue weighted by Gasteiger charge is -2.23. The standard InChI is InChI=1S/C32H32N2S2/c1-31(2,3)25-17-21(15-19-11-7-9-13-23(19)25)27-33-29-30(35-27)34-28(36-29)22-16-20-12-8-10-14-24(20)26(18-22)32(4,5)6/h7-18,29-30H,1-6H3. The Morgan fingerprint density at radius 3 is 1.33 bits per heavy atom. The summed E-state index contributed by atoms with van der Waals surface area (Å²) in [7, 11) is 0. The summed E-state index contributed by atoms with van der Waals surface area (Å²) in [5.41, 5.74) is 5.32. The highest BCUT2D eigenvalue weighted by atomic mass is 32.2. The van der Waals surface area contributed by atoms with Crippen LogP contribution in [0, 0.1) is 0 Å². The number of rotatable bonds is 2. The summed E-state index contributed by atoms with van der Waals surface area (Å²) in [5, 5.41) is 7.72. The molecule has 0 aromatic heterocycles. The molecular formula is C32H32N2S2. The Balaban J connectivity index is 1.34. The Morgan fingerprint density at radius 1 is 0.556 bits per heavy atom. The second kappa shape index (κ2) is 8.49. The number of nitrogens with zero attached hydrogens (tertiary/aromatic N) is 2. The van der Waals surface area contributed by atoms with Crippen LogP contribution in [0.2, 0.25) is 0 Å². The van der Waals surface area contributed by atoms with Gasteiger partial charge in [0.25, 0.3) is 0 Å². The summed E-state index contributed by atoms with van der Waals surface area (Å²) in [6, 6.07) is 26.7. The zero-order valence-electron chi connectivity index (χ0n) is 21.8. The third kappa shape index (κ3) is 4.18. The van der Waals surface area contributed by atoms with Crippen molar-refractivity contribution in [2.45, 2.75) is 63.1 Å². The van der Waals surface area contributed by atoms with Gasteiger partial charge < -0.3 is 0 Å². The van der Waals surface area contributed by atoms with E-state index in [1.807, 2.05) is 23.5 Å². The largest absolute Gasteiger partial charge is 0.260 e. The monoisotopic (exact) mass is 508 g/mol. The van der Waals surface area contributed by atoms with Gasteiger partial charge in [0, 0.05) is 11.1 Å². The van der Waals surface area contributed by atoms with Crippen LogP contribution < -0.4 is 0 Å². The second-order valence-corrected chi connectivity index (χ2v) is 14.1. The van der Waals surface area contributed by atoms with Gasteiger partial charge in [-0.15, -0.1) is 0 Å². The van der Waals surface area contributed by atoms with Crippen molar-refractivity contribution < 1.29 is 0 Å². The molecule has 2 aliphatic heterocycles. The highest BCUT2D eigenvalue weighted by Crippen LogP contribution is 2.45. The Bertz CT molecular complexity index is 1450. The number of thioether (sulfide) groups is 2. The minimum Gasteiger partial charge on any atom is -0.260 e. The van der Waals surface area contributed by atoms with Crippen molar-refractivity contribution in [3.05, 3.63) is 95.1 Å². The van der Waals surface area contributed by atoms with E-state index in [1.165, 1.54) is 43.8 Å². The molecule has 0 amide bonds. The van der Waals surface area contributed by atoms with E-state index >= 15 is 0 Å². The highest BCUT2D eigenvalue weighted by molar-refractivity contribution is 8.20. The van der Waals surface area contributed by atoms with Crippen molar-refractivity contribution in [3.63, 3.8) is 0 Å². The molecule has 0 N–H and O–H groups in total. The molecule has 0 aliphatic carbocycles. The lowest BCUT2D eigenvalue weighted by molar-refractivity contribution is 0.595. The summed E-state index contributed by atoms with van der Waals surface area (Å²) in [6.45, 7) is 13.7. The minimum absolute atomic E-state index is 0.0657. The van der Waals surface area contributed by atoms with Gasteiger partial charge in [0.05, 0.1) is 0 Å². The van der Waals surface area contributed by atoms with E-state index in [1.54, 1.807) is 0 Å². The van der Waals surface area contributed by atoms with Crippen LogP contribution >= 0.6 is 23.5 Å². The number of hydrogen-bond acceptors (Lipinski definition) is 4. The molecular weight excluding hydrogens is 477 g/mol. The van der Waals surface area contributed by atoms with E-state index < -0.39 is 0 Å². The van der Waals surface area contributed by atoms with E-state index in [0.717, 1.165) is 10.1 Å². The second-order valence-electron chi connectivity index (χ2n) is 11.9. The summed E-state index contributed by atoms with van der Waals surface area (Å²) in [4.78, 5) is 10.4. The van der Waals surface area contributed by atoms with Crippen molar-refractivity contribution in [3.8, 4) is 0 Å². The molecule has 0 bridgehead atoms. The summed E-state index contributed by atoms with van der Waals surface area (Å²) < 4.78 is 0. The maximum atomic E-state index is 5.19. The molecule has 4 aromatic carbocycles. The SMILES string of the molecule is CC(C)(C)c1cc(C2=NC3SC(c4cc(C(C)(C)C)c5ccccc5c4)=NC3S2)cc2ccccc12. The first-order valence-corrected chi connectivity index (χ1v) is 14.4. The van der Waals surface area contributed by atoms with E-state index in [2.05, 4.69) is 114 Å². The van der Waals surface area contributed by atoms with Gasteiger partial charge in [-0.1, -0.05) is 114 Å². The van der Waals surface area contributed by atoms with E-state index in [0.29, 0.717) is 0 Å². The topological polar surface area (TPSA) is 24.7 Å². The fourth-order valence-corrected chi connectivity index (χ4v) is 7.66. The number of hydrogen-bond donors (Lipinski definition) is 0. The maximum absolute atomic E-state index is 5.19. The molecule has 2 heterocycles. The fourth-order valence-electron chi connectivity index (χ4n) is 5.21. The van der Waals surface area contributed by atoms with Crippen LogP contribution in [0.5, 0.6) is 0 Å². The molecule has 4 aromatic rings. The van der Waals surface area contributed by atoms with Gasteiger partial charge in [0.15, 0.2) is 0 Å². The average Bonchev–Trinajstić information content (AvgIpc) is 3.41. The van der Waals surface area contributed by atoms with Crippen LogP contribution in [0.25, 0.3) is 21.5 Å². The van der Waals surface area contributed by atoms with Crippen molar-refractivity contribution in [2.75, 3.05) is 0 Å². The predicted octanol–water partition coefficient (Wildman–Crippen LogP) is 8.93.